The SMILES string of the molecule is CCN(CC)C(=O)c1ccc2c(c1)Oc1ccccc1C2C1CC2CCC(C1)N2C. The van der Waals surface area contributed by atoms with Crippen molar-refractivity contribution in [2.24, 2.45) is 5.92 Å². The van der Waals surface area contributed by atoms with E-state index in [9.17, 15) is 4.79 Å². The van der Waals surface area contributed by atoms with E-state index in [1.165, 1.54) is 36.8 Å². The first-order valence-corrected chi connectivity index (χ1v) is 11.5. The Labute approximate surface area is 179 Å². The quantitative estimate of drug-likeness (QED) is 0.695. The van der Waals surface area contributed by atoms with Gasteiger partial charge in [0.1, 0.15) is 11.5 Å². The Balaban J connectivity index is 1.54. The van der Waals surface area contributed by atoms with Gasteiger partial charge in [-0.25, -0.2) is 0 Å². The van der Waals surface area contributed by atoms with E-state index in [1.807, 2.05) is 36.9 Å². The molecule has 0 aromatic heterocycles. The summed E-state index contributed by atoms with van der Waals surface area (Å²) < 4.78 is 6.35. The van der Waals surface area contributed by atoms with Crippen molar-refractivity contribution in [2.75, 3.05) is 20.1 Å². The van der Waals surface area contributed by atoms with Crippen molar-refractivity contribution in [3.8, 4) is 11.5 Å². The highest BCUT2D eigenvalue weighted by Crippen LogP contribution is 2.52. The Morgan fingerprint density at radius 2 is 1.67 bits per heavy atom. The topological polar surface area (TPSA) is 32.8 Å². The summed E-state index contributed by atoms with van der Waals surface area (Å²) in [6, 6.07) is 16.0. The van der Waals surface area contributed by atoms with E-state index in [-0.39, 0.29) is 5.91 Å². The lowest BCUT2D eigenvalue weighted by Gasteiger charge is -2.42. The molecule has 3 atom stereocenters. The van der Waals surface area contributed by atoms with Crippen molar-refractivity contribution in [2.45, 2.75) is 57.5 Å². The monoisotopic (exact) mass is 404 g/mol. The average Bonchev–Trinajstić information content (AvgIpc) is 2.98. The first kappa shape index (κ1) is 19.6. The van der Waals surface area contributed by atoms with Crippen LogP contribution in [0.2, 0.25) is 0 Å². The van der Waals surface area contributed by atoms with E-state index in [2.05, 4.69) is 36.2 Å². The van der Waals surface area contributed by atoms with Gasteiger partial charge in [-0.2, -0.15) is 0 Å². The standard InChI is InChI=1S/C26H32N2O2/c1-4-28(5-2)26(29)17-10-13-22-24(16-17)30-23-9-7-6-8-21(23)25(22)18-14-19-11-12-20(15-18)27(19)3/h6-10,13,16,18-20,25H,4-5,11-12,14-15H2,1-3H3. The van der Waals surface area contributed by atoms with Gasteiger partial charge in [-0.1, -0.05) is 24.3 Å². The minimum Gasteiger partial charge on any atom is -0.457 e. The number of ether oxygens (including phenoxy) is 1. The third kappa shape index (κ3) is 3.13. The summed E-state index contributed by atoms with van der Waals surface area (Å²) >= 11 is 0. The number of nitrogens with zero attached hydrogens (tertiary/aromatic N) is 2. The van der Waals surface area contributed by atoms with Gasteiger partial charge in [0, 0.05) is 47.8 Å². The normalized spacial score (nSPS) is 27.2. The molecule has 3 heterocycles. The molecular formula is C26H32N2O2. The molecule has 2 aromatic rings. The minimum absolute atomic E-state index is 0.0825. The highest BCUT2D eigenvalue weighted by atomic mass is 16.5. The maximum absolute atomic E-state index is 12.9. The fourth-order valence-electron chi connectivity index (χ4n) is 6.06. The van der Waals surface area contributed by atoms with Crippen LogP contribution in [0.4, 0.5) is 0 Å². The third-order valence-electron chi connectivity index (χ3n) is 7.73. The van der Waals surface area contributed by atoms with Gasteiger partial charge < -0.3 is 14.5 Å². The molecule has 0 aliphatic carbocycles. The van der Waals surface area contributed by atoms with Gasteiger partial charge in [0.2, 0.25) is 0 Å². The molecule has 2 fully saturated rings. The van der Waals surface area contributed by atoms with Gasteiger partial charge in [0.25, 0.3) is 5.91 Å². The zero-order valence-corrected chi connectivity index (χ0v) is 18.3. The first-order chi connectivity index (χ1) is 14.6. The van der Waals surface area contributed by atoms with E-state index in [4.69, 9.17) is 4.74 Å². The molecule has 2 saturated heterocycles. The van der Waals surface area contributed by atoms with Crippen LogP contribution >= 0.6 is 0 Å². The molecule has 4 heteroatoms. The molecular weight excluding hydrogens is 372 g/mol. The summed E-state index contributed by atoms with van der Waals surface area (Å²) in [5.41, 5.74) is 3.28. The van der Waals surface area contributed by atoms with Crippen molar-refractivity contribution in [1.82, 2.24) is 9.80 Å². The molecule has 3 unspecified atom stereocenters. The van der Waals surface area contributed by atoms with Gasteiger partial charge in [-0.3, -0.25) is 4.79 Å². The number of benzene rings is 2. The van der Waals surface area contributed by atoms with Crippen LogP contribution in [0.25, 0.3) is 0 Å². The van der Waals surface area contributed by atoms with Gasteiger partial charge >= 0.3 is 0 Å². The highest BCUT2D eigenvalue weighted by molar-refractivity contribution is 5.95. The van der Waals surface area contributed by atoms with Crippen LogP contribution in [-0.2, 0) is 0 Å². The van der Waals surface area contributed by atoms with Crippen LogP contribution < -0.4 is 4.74 Å². The molecule has 158 valence electrons. The van der Waals surface area contributed by atoms with E-state index >= 15 is 0 Å². The van der Waals surface area contributed by atoms with Gasteiger partial charge in [-0.05, 0) is 70.7 Å². The Morgan fingerprint density at radius 3 is 2.37 bits per heavy atom. The van der Waals surface area contributed by atoms with E-state index in [0.717, 1.165) is 30.2 Å². The molecule has 3 aliphatic heterocycles. The zero-order valence-electron chi connectivity index (χ0n) is 18.3. The molecule has 0 radical (unpaired) electrons. The van der Waals surface area contributed by atoms with Gasteiger partial charge in [0.15, 0.2) is 0 Å². The summed E-state index contributed by atoms with van der Waals surface area (Å²) in [5, 5.41) is 0. The number of para-hydroxylation sites is 1. The predicted molar refractivity (Wildman–Crippen MR) is 119 cm³/mol. The number of amides is 1. The number of hydrogen-bond acceptors (Lipinski definition) is 3. The molecule has 0 saturated carbocycles. The fourth-order valence-corrected chi connectivity index (χ4v) is 6.06. The summed E-state index contributed by atoms with van der Waals surface area (Å²) in [4.78, 5) is 17.4. The number of rotatable bonds is 4. The third-order valence-corrected chi connectivity index (χ3v) is 7.73. The Hall–Kier alpha value is -2.33. The second-order valence-electron chi connectivity index (χ2n) is 9.13. The van der Waals surface area contributed by atoms with Crippen LogP contribution in [0.1, 0.15) is 66.9 Å². The van der Waals surface area contributed by atoms with E-state index < -0.39 is 0 Å². The lowest BCUT2D eigenvalue weighted by atomic mass is 9.72. The molecule has 2 aromatic carbocycles. The maximum Gasteiger partial charge on any atom is 0.253 e. The van der Waals surface area contributed by atoms with Crippen LogP contribution in [0, 0.1) is 5.92 Å². The van der Waals surface area contributed by atoms with Crippen molar-refractivity contribution in [3.05, 3.63) is 59.2 Å². The summed E-state index contributed by atoms with van der Waals surface area (Å²) in [6.07, 6.45) is 5.14. The lowest BCUT2D eigenvalue weighted by molar-refractivity contribution is 0.0772. The molecule has 0 N–H and O–H groups in total. The molecule has 0 spiro atoms. The van der Waals surface area contributed by atoms with Gasteiger partial charge in [-0.15, -0.1) is 0 Å². The summed E-state index contributed by atoms with van der Waals surface area (Å²) in [5.74, 6) is 2.86. The van der Waals surface area contributed by atoms with Crippen molar-refractivity contribution in [1.29, 1.82) is 0 Å². The smallest absolute Gasteiger partial charge is 0.253 e. The second-order valence-corrected chi connectivity index (χ2v) is 9.13. The fraction of sp³-hybridized carbons (Fsp3) is 0.500. The number of carbonyl (C=O) groups is 1. The molecule has 30 heavy (non-hydrogen) atoms. The predicted octanol–water partition coefficient (Wildman–Crippen LogP) is 5.28. The Morgan fingerprint density at radius 1 is 1.00 bits per heavy atom. The van der Waals surface area contributed by atoms with Crippen LogP contribution in [0.5, 0.6) is 11.5 Å². The van der Waals surface area contributed by atoms with Crippen molar-refractivity contribution in [3.63, 3.8) is 0 Å². The Kier molecular flexibility index (Phi) is 5.06. The Bertz CT molecular complexity index is 938. The van der Waals surface area contributed by atoms with E-state index in [1.54, 1.807) is 0 Å². The van der Waals surface area contributed by atoms with Crippen molar-refractivity contribution >= 4 is 5.91 Å². The van der Waals surface area contributed by atoms with Crippen molar-refractivity contribution < 1.29 is 9.53 Å². The number of hydrogen-bond donors (Lipinski definition) is 0. The molecule has 5 rings (SSSR count). The largest absolute Gasteiger partial charge is 0.457 e. The molecule has 2 bridgehead atoms. The van der Waals surface area contributed by atoms with Crippen LogP contribution in [0.3, 0.4) is 0 Å². The summed E-state index contributed by atoms with van der Waals surface area (Å²) in [6.45, 7) is 5.49. The minimum atomic E-state index is 0.0825. The average molecular weight is 405 g/mol. The van der Waals surface area contributed by atoms with Gasteiger partial charge in [0.05, 0.1) is 0 Å². The lowest BCUT2D eigenvalue weighted by Crippen LogP contribution is -2.41. The molecule has 3 aliphatic rings. The highest BCUT2D eigenvalue weighted by Gasteiger charge is 2.43. The second kappa shape index (κ2) is 7.73. The maximum atomic E-state index is 12.9. The van der Waals surface area contributed by atoms with E-state index in [0.29, 0.717) is 23.9 Å². The summed E-state index contributed by atoms with van der Waals surface area (Å²) in [7, 11) is 2.30. The zero-order chi connectivity index (χ0) is 20.8. The number of piperidine rings is 1. The van der Waals surface area contributed by atoms with Crippen LogP contribution in [-0.4, -0.2) is 47.9 Å². The molecule has 4 nitrogen and oxygen atoms in total. The molecule has 1 amide bonds. The number of fused-ring (bicyclic) bond motifs is 4. The van der Waals surface area contributed by atoms with Crippen LogP contribution in [0.15, 0.2) is 42.5 Å². The first-order valence-electron chi connectivity index (χ1n) is 11.5. The number of carbonyl (C=O) groups excluding carboxylic acids is 1.